The molecular formula is C20H22N2O5S. The van der Waals surface area contributed by atoms with Gasteiger partial charge in [-0.25, -0.2) is 0 Å². The van der Waals surface area contributed by atoms with Crippen LogP contribution in [0.5, 0.6) is 11.5 Å². The van der Waals surface area contributed by atoms with Crippen LogP contribution in [0.25, 0.3) is 0 Å². The van der Waals surface area contributed by atoms with Gasteiger partial charge in [0.05, 0.1) is 23.6 Å². The van der Waals surface area contributed by atoms with Crippen molar-refractivity contribution >= 4 is 23.0 Å². The number of aliphatic hydroxyl groups is 1. The van der Waals surface area contributed by atoms with Crippen LogP contribution < -0.4 is 4.74 Å². The molecule has 0 bridgehead atoms. The smallest absolute Gasteiger partial charge is 0.290 e. The molecule has 7 nitrogen and oxygen atoms in total. The Balaban J connectivity index is 2.08. The second kappa shape index (κ2) is 8.04. The van der Waals surface area contributed by atoms with E-state index in [0.29, 0.717) is 23.5 Å². The van der Waals surface area contributed by atoms with Gasteiger partial charge in [-0.3, -0.25) is 9.59 Å². The van der Waals surface area contributed by atoms with Crippen LogP contribution in [-0.4, -0.2) is 66.0 Å². The molecule has 2 aromatic rings. The fourth-order valence-corrected chi connectivity index (χ4v) is 3.87. The van der Waals surface area contributed by atoms with Gasteiger partial charge in [-0.2, -0.15) is 0 Å². The Morgan fingerprint density at radius 3 is 2.61 bits per heavy atom. The van der Waals surface area contributed by atoms with Gasteiger partial charge >= 0.3 is 0 Å². The molecule has 2 heterocycles. The third-order valence-corrected chi connectivity index (χ3v) is 5.47. The predicted molar refractivity (Wildman–Crippen MR) is 106 cm³/mol. The van der Waals surface area contributed by atoms with Crippen LogP contribution in [0, 0.1) is 0 Å². The van der Waals surface area contributed by atoms with Gasteiger partial charge in [0, 0.05) is 13.1 Å². The summed E-state index contributed by atoms with van der Waals surface area (Å²) in [4.78, 5) is 29.6. The lowest BCUT2D eigenvalue weighted by Crippen LogP contribution is -2.36. The SMILES string of the molecule is COc1ccc(C2C(C(=O)c3cccs3)=C(O)C(=O)N2CCN(C)C)cc1O. The standard InChI is InChI=1S/C20H22N2O5S/c1-21(2)8-9-22-17(12-6-7-14(27-3)13(23)11-12)16(19(25)20(22)26)18(24)15-5-4-10-28-15/h4-7,10-11,17,23,25H,8-9H2,1-3H3. The molecule has 1 aromatic carbocycles. The molecule has 1 aliphatic heterocycles. The van der Waals surface area contributed by atoms with E-state index in [0.717, 1.165) is 0 Å². The number of carbonyl (C=O) groups is 2. The molecule has 8 heteroatoms. The van der Waals surface area contributed by atoms with Crippen LogP contribution in [0.15, 0.2) is 47.0 Å². The lowest BCUT2D eigenvalue weighted by atomic mass is 9.95. The number of phenolic OH excluding ortho intramolecular Hbond substituents is 1. The highest BCUT2D eigenvalue weighted by molar-refractivity contribution is 7.12. The van der Waals surface area contributed by atoms with E-state index in [1.165, 1.54) is 29.4 Å². The molecule has 0 saturated heterocycles. The summed E-state index contributed by atoms with van der Waals surface area (Å²) in [6.07, 6.45) is 0. The maximum absolute atomic E-state index is 13.1. The number of ether oxygens (including phenoxy) is 1. The summed E-state index contributed by atoms with van der Waals surface area (Å²) in [6, 6.07) is 7.31. The number of nitrogens with zero attached hydrogens (tertiary/aromatic N) is 2. The van der Waals surface area contributed by atoms with E-state index >= 15 is 0 Å². The lowest BCUT2D eigenvalue weighted by Gasteiger charge is -2.28. The number of thiophene rings is 1. The monoisotopic (exact) mass is 402 g/mol. The molecule has 2 N–H and O–H groups in total. The van der Waals surface area contributed by atoms with Gasteiger partial charge in [0.15, 0.2) is 17.3 Å². The predicted octanol–water partition coefficient (Wildman–Crippen LogP) is 2.60. The van der Waals surface area contributed by atoms with Crippen LogP contribution in [0.1, 0.15) is 21.3 Å². The number of rotatable bonds is 7. The molecule has 1 amide bonds. The number of aromatic hydroxyl groups is 1. The molecule has 1 aromatic heterocycles. The van der Waals surface area contributed by atoms with E-state index in [1.807, 2.05) is 19.0 Å². The van der Waals surface area contributed by atoms with E-state index in [4.69, 9.17) is 4.74 Å². The van der Waals surface area contributed by atoms with Crippen molar-refractivity contribution < 1.29 is 24.5 Å². The topological polar surface area (TPSA) is 90.3 Å². The van der Waals surface area contributed by atoms with Crippen molar-refractivity contribution in [2.24, 2.45) is 0 Å². The van der Waals surface area contributed by atoms with Crippen LogP contribution in [-0.2, 0) is 4.79 Å². The largest absolute Gasteiger partial charge is 0.504 e. The zero-order valence-electron chi connectivity index (χ0n) is 15.9. The van der Waals surface area contributed by atoms with Gasteiger partial charge in [0.2, 0.25) is 5.78 Å². The summed E-state index contributed by atoms with van der Waals surface area (Å²) in [5, 5.41) is 22.5. The highest BCUT2D eigenvalue weighted by atomic mass is 32.1. The minimum Gasteiger partial charge on any atom is -0.504 e. The van der Waals surface area contributed by atoms with E-state index in [9.17, 15) is 19.8 Å². The Morgan fingerprint density at radius 1 is 1.29 bits per heavy atom. The number of carbonyl (C=O) groups excluding carboxylic acids is 2. The fourth-order valence-electron chi connectivity index (χ4n) is 3.19. The molecule has 1 unspecified atom stereocenters. The Hall–Kier alpha value is -2.84. The summed E-state index contributed by atoms with van der Waals surface area (Å²) < 4.78 is 5.08. The Kier molecular flexibility index (Phi) is 5.71. The van der Waals surface area contributed by atoms with Crippen molar-refractivity contribution in [1.29, 1.82) is 0 Å². The number of methoxy groups -OCH3 is 1. The van der Waals surface area contributed by atoms with E-state index in [-0.39, 0.29) is 17.1 Å². The quantitative estimate of drug-likeness (QED) is 0.692. The van der Waals surface area contributed by atoms with Gasteiger partial charge in [0.25, 0.3) is 5.91 Å². The molecule has 28 heavy (non-hydrogen) atoms. The summed E-state index contributed by atoms with van der Waals surface area (Å²) in [5.74, 6) is -1.35. The van der Waals surface area contributed by atoms with Crippen molar-refractivity contribution in [3.8, 4) is 11.5 Å². The highest BCUT2D eigenvalue weighted by Gasteiger charge is 2.44. The number of hydrogen-bond acceptors (Lipinski definition) is 7. The minimum atomic E-state index is -0.793. The number of aliphatic hydroxyl groups excluding tert-OH is 1. The Labute approximate surface area is 167 Å². The molecule has 1 atom stereocenters. The first-order chi connectivity index (χ1) is 13.3. The minimum absolute atomic E-state index is 0.0239. The molecule has 0 radical (unpaired) electrons. The molecule has 0 spiro atoms. The maximum Gasteiger partial charge on any atom is 0.290 e. The van der Waals surface area contributed by atoms with E-state index < -0.39 is 23.5 Å². The van der Waals surface area contributed by atoms with Gasteiger partial charge in [-0.1, -0.05) is 12.1 Å². The third kappa shape index (κ3) is 3.61. The average Bonchev–Trinajstić information content (AvgIpc) is 3.28. The molecule has 0 aliphatic carbocycles. The molecule has 3 rings (SSSR count). The summed E-state index contributed by atoms with van der Waals surface area (Å²) in [5.41, 5.74) is 0.546. The maximum atomic E-state index is 13.1. The molecule has 148 valence electrons. The molecular weight excluding hydrogens is 380 g/mol. The fraction of sp³-hybridized carbons (Fsp3) is 0.300. The number of hydrogen-bond donors (Lipinski definition) is 2. The highest BCUT2D eigenvalue weighted by Crippen LogP contribution is 2.41. The first-order valence-corrected chi connectivity index (χ1v) is 9.57. The molecule has 0 fully saturated rings. The van der Waals surface area contributed by atoms with Crippen molar-refractivity contribution in [3.63, 3.8) is 0 Å². The van der Waals surface area contributed by atoms with Crippen LogP contribution >= 0.6 is 11.3 Å². The second-order valence-electron chi connectivity index (χ2n) is 6.70. The van der Waals surface area contributed by atoms with E-state index in [1.54, 1.807) is 29.6 Å². The first kappa shape index (κ1) is 19.9. The number of amides is 1. The summed E-state index contributed by atoms with van der Waals surface area (Å²) in [7, 11) is 5.19. The Morgan fingerprint density at radius 2 is 2.04 bits per heavy atom. The number of benzene rings is 1. The molecule has 1 aliphatic rings. The third-order valence-electron chi connectivity index (χ3n) is 4.60. The Bertz CT molecular complexity index is 921. The average molecular weight is 402 g/mol. The number of ketones is 1. The normalized spacial score (nSPS) is 16.9. The lowest BCUT2D eigenvalue weighted by molar-refractivity contribution is -0.129. The summed E-state index contributed by atoms with van der Waals surface area (Å²) in [6.45, 7) is 0.868. The van der Waals surface area contributed by atoms with Crippen molar-refractivity contribution in [2.45, 2.75) is 6.04 Å². The van der Waals surface area contributed by atoms with Gasteiger partial charge < -0.3 is 24.7 Å². The van der Waals surface area contributed by atoms with Crippen molar-refractivity contribution in [3.05, 3.63) is 57.5 Å². The van der Waals surface area contributed by atoms with Gasteiger partial charge in [0.1, 0.15) is 0 Å². The van der Waals surface area contributed by atoms with E-state index in [2.05, 4.69) is 0 Å². The number of likely N-dealkylation sites (N-methyl/N-ethyl adjacent to an activating group) is 1. The first-order valence-electron chi connectivity index (χ1n) is 8.69. The zero-order valence-corrected chi connectivity index (χ0v) is 16.7. The van der Waals surface area contributed by atoms with Gasteiger partial charge in [-0.05, 0) is 43.2 Å². The van der Waals surface area contributed by atoms with Crippen LogP contribution in [0.3, 0.4) is 0 Å². The molecule has 0 saturated carbocycles. The van der Waals surface area contributed by atoms with Crippen LogP contribution in [0.4, 0.5) is 0 Å². The number of phenols is 1. The summed E-state index contributed by atoms with van der Waals surface area (Å²) >= 11 is 1.24. The second-order valence-corrected chi connectivity index (χ2v) is 7.65. The number of Topliss-reactive ketones (excluding diaryl/α,β-unsaturated/α-hetero) is 1. The van der Waals surface area contributed by atoms with Crippen LogP contribution in [0.2, 0.25) is 0 Å². The zero-order chi connectivity index (χ0) is 20.4. The van der Waals surface area contributed by atoms with Crippen molar-refractivity contribution in [2.75, 3.05) is 34.3 Å². The van der Waals surface area contributed by atoms with Crippen molar-refractivity contribution in [1.82, 2.24) is 9.80 Å². The van der Waals surface area contributed by atoms with Gasteiger partial charge in [-0.15, -0.1) is 11.3 Å².